The lowest BCUT2D eigenvalue weighted by atomic mass is 10.0. The molecule has 3 nitrogen and oxygen atoms in total. The summed E-state index contributed by atoms with van der Waals surface area (Å²) in [5.41, 5.74) is 6.92. The summed E-state index contributed by atoms with van der Waals surface area (Å²) in [4.78, 5) is 13.9. The van der Waals surface area contributed by atoms with Crippen molar-refractivity contribution in [3.05, 3.63) is 34.9 Å². The van der Waals surface area contributed by atoms with Crippen LogP contribution in [0.4, 0.5) is 0 Å². The first-order chi connectivity index (χ1) is 8.45. The monoisotopic (exact) mass is 268 g/mol. The Morgan fingerprint density at radius 1 is 1.44 bits per heavy atom. The van der Waals surface area contributed by atoms with Gasteiger partial charge in [-0.25, -0.2) is 0 Å². The molecule has 0 bridgehead atoms. The third-order valence-electron chi connectivity index (χ3n) is 2.96. The molecule has 1 unspecified atom stereocenters. The summed E-state index contributed by atoms with van der Waals surface area (Å²) in [6.07, 6.45) is 0. The summed E-state index contributed by atoms with van der Waals surface area (Å²) in [5, 5.41) is 0.684. The molecule has 0 aromatic heterocycles. The Morgan fingerprint density at radius 3 is 2.61 bits per heavy atom. The van der Waals surface area contributed by atoms with Gasteiger partial charge in [0.05, 0.1) is 6.04 Å². The molecule has 0 aliphatic carbocycles. The summed E-state index contributed by atoms with van der Waals surface area (Å²) in [7, 11) is 0. The van der Waals surface area contributed by atoms with Crippen LogP contribution in [0.3, 0.4) is 0 Å². The van der Waals surface area contributed by atoms with Crippen molar-refractivity contribution in [2.75, 3.05) is 6.54 Å². The highest BCUT2D eigenvalue weighted by Gasteiger charge is 2.22. The lowest BCUT2D eigenvalue weighted by Gasteiger charge is -2.26. The van der Waals surface area contributed by atoms with Gasteiger partial charge in [-0.1, -0.05) is 37.6 Å². The smallest absolute Gasteiger partial charge is 0.240 e. The number of hydrogen-bond acceptors (Lipinski definition) is 2. The summed E-state index contributed by atoms with van der Waals surface area (Å²) in [6.45, 7) is 7.06. The molecule has 0 fully saturated rings. The molecule has 0 spiro atoms. The third-order valence-corrected chi connectivity index (χ3v) is 3.19. The zero-order chi connectivity index (χ0) is 13.7. The number of rotatable bonds is 5. The first kappa shape index (κ1) is 15.0. The Hall–Kier alpha value is -1.06. The number of nitrogens with zero attached hydrogens (tertiary/aromatic N) is 1. The van der Waals surface area contributed by atoms with Gasteiger partial charge >= 0.3 is 0 Å². The lowest BCUT2D eigenvalue weighted by Crippen LogP contribution is -2.46. The fraction of sp³-hybridized carbons (Fsp3) is 0.500. The molecule has 1 rings (SSSR count). The SMILES string of the molecule is CCN(Cc1cccc(Cl)c1)C(=O)C(N)C(C)C. The van der Waals surface area contributed by atoms with Crippen LogP contribution in [-0.4, -0.2) is 23.4 Å². The number of benzene rings is 1. The largest absolute Gasteiger partial charge is 0.337 e. The molecule has 100 valence electrons. The Bertz CT molecular complexity index is 407. The van der Waals surface area contributed by atoms with Gasteiger partial charge in [-0.3, -0.25) is 4.79 Å². The number of likely N-dealkylation sites (N-methyl/N-ethyl adjacent to an activating group) is 1. The van der Waals surface area contributed by atoms with Crippen molar-refractivity contribution in [2.24, 2.45) is 11.7 Å². The fourth-order valence-electron chi connectivity index (χ4n) is 1.70. The van der Waals surface area contributed by atoms with Gasteiger partial charge in [0.2, 0.25) is 5.91 Å². The van der Waals surface area contributed by atoms with Crippen LogP contribution in [0.25, 0.3) is 0 Å². The second-order valence-electron chi connectivity index (χ2n) is 4.75. The van der Waals surface area contributed by atoms with Crippen LogP contribution in [0, 0.1) is 5.92 Å². The van der Waals surface area contributed by atoms with E-state index in [4.69, 9.17) is 17.3 Å². The summed E-state index contributed by atoms with van der Waals surface area (Å²) < 4.78 is 0. The van der Waals surface area contributed by atoms with E-state index in [-0.39, 0.29) is 11.8 Å². The van der Waals surface area contributed by atoms with Crippen molar-refractivity contribution < 1.29 is 4.79 Å². The molecule has 1 amide bonds. The topological polar surface area (TPSA) is 46.3 Å². The van der Waals surface area contributed by atoms with Crippen molar-refractivity contribution in [2.45, 2.75) is 33.4 Å². The molecule has 1 aromatic carbocycles. The van der Waals surface area contributed by atoms with Gasteiger partial charge < -0.3 is 10.6 Å². The molecule has 0 heterocycles. The molecule has 4 heteroatoms. The van der Waals surface area contributed by atoms with Crippen LogP contribution in [0.2, 0.25) is 5.02 Å². The molecule has 0 radical (unpaired) electrons. The van der Waals surface area contributed by atoms with E-state index in [0.29, 0.717) is 18.1 Å². The number of amides is 1. The first-order valence-corrected chi connectivity index (χ1v) is 6.62. The Morgan fingerprint density at radius 2 is 2.11 bits per heavy atom. The minimum absolute atomic E-state index is 0.00697. The second kappa shape index (κ2) is 6.76. The van der Waals surface area contributed by atoms with Crippen molar-refractivity contribution in [3.8, 4) is 0 Å². The molecule has 2 N–H and O–H groups in total. The van der Waals surface area contributed by atoms with E-state index >= 15 is 0 Å². The number of halogens is 1. The average Bonchev–Trinajstić information content (AvgIpc) is 2.34. The maximum atomic E-state index is 12.2. The van der Waals surface area contributed by atoms with Gasteiger partial charge in [0.1, 0.15) is 0 Å². The minimum Gasteiger partial charge on any atom is -0.337 e. The van der Waals surface area contributed by atoms with Gasteiger partial charge in [0.25, 0.3) is 0 Å². The molecule has 0 aliphatic rings. The minimum atomic E-state index is -0.441. The van der Waals surface area contributed by atoms with Gasteiger partial charge in [0.15, 0.2) is 0 Å². The lowest BCUT2D eigenvalue weighted by molar-refractivity contribution is -0.134. The van der Waals surface area contributed by atoms with E-state index in [1.807, 2.05) is 45.0 Å². The maximum absolute atomic E-state index is 12.2. The zero-order valence-electron chi connectivity index (χ0n) is 11.2. The molecular weight excluding hydrogens is 248 g/mol. The van der Waals surface area contributed by atoms with E-state index in [2.05, 4.69) is 0 Å². The van der Waals surface area contributed by atoms with Gasteiger partial charge in [0, 0.05) is 18.1 Å². The number of carbonyl (C=O) groups excluding carboxylic acids is 1. The van der Waals surface area contributed by atoms with Crippen molar-refractivity contribution in [1.82, 2.24) is 4.90 Å². The molecular formula is C14H21ClN2O. The number of nitrogens with two attached hydrogens (primary N) is 1. The Balaban J connectivity index is 2.76. The molecule has 1 atom stereocenters. The van der Waals surface area contributed by atoms with E-state index in [9.17, 15) is 4.79 Å². The van der Waals surface area contributed by atoms with Crippen LogP contribution in [0.5, 0.6) is 0 Å². The average molecular weight is 269 g/mol. The maximum Gasteiger partial charge on any atom is 0.240 e. The van der Waals surface area contributed by atoms with Crippen LogP contribution in [0.15, 0.2) is 24.3 Å². The van der Waals surface area contributed by atoms with Crippen molar-refractivity contribution >= 4 is 17.5 Å². The van der Waals surface area contributed by atoms with Crippen LogP contribution >= 0.6 is 11.6 Å². The summed E-state index contributed by atoms with van der Waals surface area (Å²) in [6, 6.07) is 7.10. The molecule has 18 heavy (non-hydrogen) atoms. The third kappa shape index (κ3) is 4.00. The van der Waals surface area contributed by atoms with Gasteiger partial charge in [-0.2, -0.15) is 0 Å². The van der Waals surface area contributed by atoms with Crippen LogP contribution in [0.1, 0.15) is 26.3 Å². The normalized spacial score (nSPS) is 12.6. The predicted molar refractivity (Wildman–Crippen MR) is 75.4 cm³/mol. The number of hydrogen-bond donors (Lipinski definition) is 1. The molecule has 0 saturated heterocycles. The molecule has 0 aliphatic heterocycles. The summed E-state index contributed by atoms with van der Waals surface area (Å²) in [5.74, 6) is 0.137. The van der Waals surface area contributed by atoms with Gasteiger partial charge in [-0.15, -0.1) is 0 Å². The standard InChI is InChI=1S/C14H21ClN2O/c1-4-17(14(18)13(16)10(2)3)9-11-6-5-7-12(15)8-11/h5-8,10,13H,4,9,16H2,1-3H3. The van der Waals surface area contributed by atoms with Gasteiger partial charge in [-0.05, 0) is 30.5 Å². The first-order valence-electron chi connectivity index (χ1n) is 6.24. The van der Waals surface area contributed by atoms with E-state index in [1.54, 1.807) is 4.90 Å². The van der Waals surface area contributed by atoms with Crippen LogP contribution in [-0.2, 0) is 11.3 Å². The Kier molecular flexibility index (Phi) is 5.63. The van der Waals surface area contributed by atoms with E-state index in [0.717, 1.165) is 5.56 Å². The highest BCUT2D eigenvalue weighted by molar-refractivity contribution is 6.30. The zero-order valence-corrected chi connectivity index (χ0v) is 11.9. The summed E-state index contributed by atoms with van der Waals surface area (Å²) >= 11 is 5.94. The van der Waals surface area contributed by atoms with Crippen molar-refractivity contribution in [3.63, 3.8) is 0 Å². The molecule has 0 saturated carbocycles. The van der Waals surface area contributed by atoms with E-state index < -0.39 is 6.04 Å². The number of carbonyl (C=O) groups is 1. The van der Waals surface area contributed by atoms with Crippen LogP contribution < -0.4 is 5.73 Å². The second-order valence-corrected chi connectivity index (χ2v) is 5.19. The molecule has 1 aromatic rings. The highest BCUT2D eigenvalue weighted by Crippen LogP contribution is 2.14. The highest BCUT2D eigenvalue weighted by atomic mass is 35.5. The van der Waals surface area contributed by atoms with Crippen molar-refractivity contribution in [1.29, 1.82) is 0 Å². The Labute approximate surface area is 114 Å². The predicted octanol–water partition coefficient (Wildman–Crippen LogP) is 2.67. The van der Waals surface area contributed by atoms with E-state index in [1.165, 1.54) is 0 Å². The fourth-order valence-corrected chi connectivity index (χ4v) is 1.91. The quantitative estimate of drug-likeness (QED) is 0.892.